The van der Waals surface area contributed by atoms with Gasteiger partial charge in [0, 0.05) is 19.0 Å². The molecule has 1 heterocycles. The number of amides is 2. The van der Waals surface area contributed by atoms with Crippen LogP contribution in [0.2, 0.25) is 0 Å². The summed E-state index contributed by atoms with van der Waals surface area (Å²) in [6.07, 6.45) is 1.52. The Kier molecular flexibility index (Phi) is 5.45. The lowest BCUT2D eigenvalue weighted by molar-refractivity contribution is 0.0174. The summed E-state index contributed by atoms with van der Waals surface area (Å²) in [5.74, 6) is -2.87. The van der Waals surface area contributed by atoms with E-state index in [1.165, 1.54) is 36.8 Å². The summed E-state index contributed by atoms with van der Waals surface area (Å²) < 4.78 is 26.2. The van der Waals surface area contributed by atoms with Crippen LogP contribution < -0.4 is 16.1 Å². The molecule has 6 nitrogen and oxygen atoms in total. The zero-order valence-electron chi connectivity index (χ0n) is 12.5. The minimum atomic E-state index is -2.87. The number of hydrogen-bond acceptors (Lipinski definition) is 5. The molecule has 124 valence electrons. The van der Waals surface area contributed by atoms with Crippen LogP contribution in [0.15, 0.2) is 30.5 Å². The number of benzene rings is 1. The van der Waals surface area contributed by atoms with Crippen molar-refractivity contribution in [3.63, 3.8) is 0 Å². The fourth-order valence-electron chi connectivity index (χ4n) is 1.72. The Bertz CT molecular complexity index is 656. The number of aromatic nitrogens is 1. The largest absolute Gasteiger partial charge is 0.334 e. The Morgan fingerprint density at radius 3 is 2.65 bits per heavy atom. The molecule has 0 atom stereocenters. The predicted molar refractivity (Wildman–Crippen MR) is 84.6 cm³/mol. The topological polar surface area (TPSA) is 75.3 Å². The van der Waals surface area contributed by atoms with E-state index < -0.39 is 12.0 Å². The number of carbonyl (C=O) groups excluding carboxylic acids is 1. The summed E-state index contributed by atoms with van der Waals surface area (Å²) in [5.41, 5.74) is 3.25. The van der Waals surface area contributed by atoms with Crippen LogP contribution in [0.1, 0.15) is 18.1 Å². The minimum Gasteiger partial charge on any atom is -0.334 e. The van der Waals surface area contributed by atoms with E-state index in [1.807, 2.05) is 0 Å². The first-order chi connectivity index (χ1) is 10.9. The molecule has 0 spiro atoms. The van der Waals surface area contributed by atoms with Gasteiger partial charge >= 0.3 is 6.03 Å². The molecule has 0 fully saturated rings. The van der Waals surface area contributed by atoms with Crippen LogP contribution in [0.4, 0.5) is 23.7 Å². The summed E-state index contributed by atoms with van der Waals surface area (Å²) in [6, 6.07) is 5.36. The van der Waals surface area contributed by atoms with E-state index in [2.05, 4.69) is 21.1 Å². The van der Waals surface area contributed by atoms with E-state index in [1.54, 1.807) is 12.1 Å². The summed E-state index contributed by atoms with van der Waals surface area (Å²) in [6.45, 7) is 1.06. The first kappa shape index (κ1) is 17.1. The van der Waals surface area contributed by atoms with Gasteiger partial charge in [-0.2, -0.15) is 0 Å². The summed E-state index contributed by atoms with van der Waals surface area (Å²) in [5, 5.41) is 6.25. The number of hydrogen-bond donors (Lipinski definition) is 3. The maximum atomic E-state index is 13.1. The van der Waals surface area contributed by atoms with Crippen molar-refractivity contribution in [2.45, 2.75) is 19.4 Å². The van der Waals surface area contributed by atoms with Crippen LogP contribution in [0.25, 0.3) is 0 Å². The zero-order valence-corrected chi connectivity index (χ0v) is 13.3. The molecule has 0 aliphatic rings. The second-order valence-corrected chi connectivity index (χ2v) is 5.76. The molecule has 3 N–H and O–H groups in total. The number of halogens is 2. The van der Waals surface area contributed by atoms with Gasteiger partial charge in [0.2, 0.25) is 0 Å². The molecule has 2 amide bonds. The van der Waals surface area contributed by atoms with Gasteiger partial charge in [0.25, 0.3) is 5.92 Å². The van der Waals surface area contributed by atoms with Crippen molar-refractivity contribution in [1.29, 1.82) is 0 Å². The van der Waals surface area contributed by atoms with Crippen LogP contribution in [-0.4, -0.2) is 18.1 Å². The molecule has 1 aromatic carbocycles. The highest BCUT2D eigenvalue weighted by Gasteiger charge is 2.23. The highest BCUT2D eigenvalue weighted by Crippen LogP contribution is 2.26. The molecule has 2 aromatic rings. The predicted octanol–water partition coefficient (Wildman–Crippen LogP) is 3.55. The number of nitrogens with zero attached hydrogens (tertiary/aromatic N) is 1. The number of anilines is 2. The fraction of sp³-hybridized carbons (Fsp3) is 0.286. The summed E-state index contributed by atoms with van der Waals surface area (Å²) >= 11 is 1.21. The fourth-order valence-corrected chi connectivity index (χ4v) is 2.41. The van der Waals surface area contributed by atoms with Gasteiger partial charge in [-0.25, -0.2) is 18.6 Å². The first-order valence-corrected chi connectivity index (χ1v) is 7.47. The Hall–Kier alpha value is -2.26. The second-order valence-electron chi connectivity index (χ2n) is 4.73. The Labute approximate surface area is 135 Å². The smallest absolute Gasteiger partial charge is 0.321 e. The van der Waals surface area contributed by atoms with Crippen LogP contribution in [0.5, 0.6) is 0 Å². The number of rotatable bonds is 6. The van der Waals surface area contributed by atoms with Crippen molar-refractivity contribution in [3.05, 3.63) is 41.6 Å². The van der Waals surface area contributed by atoms with E-state index in [9.17, 15) is 13.6 Å². The number of nitrogens with one attached hydrogen (secondary N) is 3. The molecule has 0 aliphatic heterocycles. The molecule has 0 radical (unpaired) electrons. The van der Waals surface area contributed by atoms with Crippen molar-refractivity contribution < 1.29 is 18.4 Å². The molecule has 9 heteroatoms. The van der Waals surface area contributed by atoms with Crippen molar-refractivity contribution in [2.24, 2.45) is 0 Å². The van der Waals surface area contributed by atoms with E-state index in [-0.39, 0.29) is 12.1 Å². The molecular formula is C14H16F2N4O2S. The van der Waals surface area contributed by atoms with Crippen molar-refractivity contribution in [1.82, 2.24) is 10.3 Å². The van der Waals surface area contributed by atoms with Crippen molar-refractivity contribution in [3.8, 4) is 0 Å². The summed E-state index contributed by atoms with van der Waals surface area (Å²) in [7, 11) is 1.47. The molecule has 2 rings (SSSR count). The Morgan fingerprint density at radius 2 is 2.04 bits per heavy atom. The van der Waals surface area contributed by atoms with Crippen molar-refractivity contribution >= 4 is 27.5 Å². The van der Waals surface area contributed by atoms with E-state index in [0.717, 1.165) is 6.92 Å². The molecule has 0 aliphatic carbocycles. The Morgan fingerprint density at radius 1 is 1.35 bits per heavy atom. The molecule has 0 unspecified atom stereocenters. The van der Waals surface area contributed by atoms with Crippen LogP contribution >= 0.6 is 11.3 Å². The van der Waals surface area contributed by atoms with Crippen LogP contribution in [0.3, 0.4) is 0 Å². The quantitative estimate of drug-likeness (QED) is 0.702. The molecule has 0 bridgehead atoms. The van der Waals surface area contributed by atoms with E-state index in [4.69, 9.17) is 4.84 Å². The maximum absolute atomic E-state index is 13.1. The molecule has 23 heavy (non-hydrogen) atoms. The average Bonchev–Trinajstić information content (AvgIpc) is 2.92. The normalized spacial score (nSPS) is 11.1. The maximum Gasteiger partial charge on any atom is 0.321 e. The van der Waals surface area contributed by atoms with Crippen molar-refractivity contribution in [2.75, 3.05) is 17.9 Å². The Balaban J connectivity index is 1.84. The van der Waals surface area contributed by atoms with Gasteiger partial charge in [-0.05, 0) is 5.56 Å². The molecule has 0 saturated carbocycles. The number of thiazole rings is 1. The van der Waals surface area contributed by atoms with Gasteiger partial charge in [0.1, 0.15) is 5.00 Å². The van der Waals surface area contributed by atoms with Gasteiger partial charge in [-0.1, -0.05) is 35.6 Å². The van der Waals surface area contributed by atoms with Gasteiger partial charge in [0.15, 0.2) is 5.13 Å². The van der Waals surface area contributed by atoms with E-state index in [0.29, 0.717) is 15.7 Å². The second kappa shape index (κ2) is 7.34. The molecule has 1 aromatic heterocycles. The SMILES string of the molecule is CONc1cnc(NC(=O)NCc2ccc(C(C)(F)F)cc2)s1. The van der Waals surface area contributed by atoms with Gasteiger partial charge in [-0.3, -0.25) is 15.6 Å². The van der Waals surface area contributed by atoms with Crippen LogP contribution in [0, 0.1) is 0 Å². The van der Waals surface area contributed by atoms with Gasteiger partial charge in [0.05, 0.1) is 13.3 Å². The standard InChI is InChI=1S/C14H16F2N4O2S/c1-14(15,16)10-5-3-9(4-6-10)7-17-12(21)19-13-18-8-11(23-13)20-22-2/h3-6,8,20H,7H2,1-2H3,(H2,17,18,19,21). The van der Waals surface area contributed by atoms with Gasteiger partial charge in [-0.15, -0.1) is 0 Å². The lowest BCUT2D eigenvalue weighted by Crippen LogP contribution is -2.28. The van der Waals surface area contributed by atoms with Crippen LogP contribution in [-0.2, 0) is 17.3 Å². The number of carbonyl (C=O) groups is 1. The minimum absolute atomic E-state index is 0.0633. The third-order valence-electron chi connectivity index (χ3n) is 2.84. The molecule has 0 saturated heterocycles. The monoisotopic (exact) mass is 342 g/mol. The molecular weight excluding hydrogens is 326 g/mol. The zero-order chi connectivity index (χ0) is 16.9. The summed E-state index contributed by atoms with van der Waals surface area (Å²) in [4.78, 5) is 20.5. The number of alkyl halides is 2. The lowest BCUT2D eigenvalue weighted by Gasteiger charge is -2.11. The lowest BCUT2D eigenvalue weighted by atomic mass is 10.1. The highest BCUT2D eigenvalue weighted by atomic mass is 32.1. The third kappa shape index (κ3) is 5.15. The third-order valence-corrected chi connectivity index (χ3v) is 3.65. The van der Waals surface area contributed by atoms with E-state index >= 15 is 0 Å². The van der Waals surface area contributed by atoms with Gasteiger partial charge < -0.3 is 5.32 Å². The highest BCUT2D eigenvalue weighted by molar-refractivity contribution is 7.19. The average molecular weight is 342 g/mol. The first-order valence-electron chi connectivity index (χ1n) is 6.65. The number of urea groups is 1.